The Morgan fingerprint density at radius 2 is 1.04 bits per heavy atom. The average molecular weight is 319 g/mol. The molecule has 0 aliphatic heterocycles. The summed E-state index contributed by atoms with van der Waals surface area (Å²) in [7, 11) is 0. The molecule has 3 saturated carbocycles. The van der Waals surface area contributed by atoms with Crippen molar-refractivity contribution in [1.82, 2.24) is 0 Å². The van der Waals surface area contributed by atoms with Gasteiger partial charge in [-0.25, -0.2) is 0 Å². The van der Waals surface area contributed by atoms with Crippen molar-refractivity contribution in [1.29, 1.82) is 0 Å². The van der Waals surface area contributed by atoms with Crippen LogP contribution in [0.4, 0.5) is 0 Å². The Labute approximate surface area is 146 Å². The maximum Gasteiger partial charge on any atom is -0.0386 e. The van der Waals surface area contributed by atoms with Gasteiger partial charge >= 0.3 is 0 Å². The minimum Gasteiger partial charge on any atom is -0.0625 e. The summed E-state index contributed by atoms with van der Waals surface area (Å²) in [6, 6.07) is 0. The smallest absolute Gasteiger partial charge is 0.0386 e. The summed E-state index contributed by atoms with van der Waals surface area (Å²) in [5, 5.41) is 0. The Kier molecular flexibility index (Phi) is 6.13. The Morgan fingerprint density at radius 1 is 0.565 bits per heavy atom. The molecule has 2 atom stereocenters. The van der Waals surface area contributed by atoms with Crippen LogP contribution in [0.2, 0.25) is 0 Å². The van der Waals surface area contributed by atoms with Gasteiger partial charge in [0.2, 0.25) is 0 Å². The summed E-state index contributed by atoms with van der Waals surface area (Å²) >= 11 is 0. The highest BCUT2D eigenvalue weighted by atomic mass is 14.4. The Bertz CT molecular complexity index is 331. The van der Waals surface area contributed by atoms with Crippen molar-refractivity contribution in [3.8, 4) is 0 Å². The summed E-state index contributed by atoms with van der Waals surface area (Å²) in [6.45, 7) is 9.96. The van der Waals surface area contributed by atoms with Crippen LogP contribution in [0.15, 0.2) is 0 Å². The third-order valence-corrected chi connectivity index (χ3v) is 8.49. The molecule has 0 spiro atoms. The molecule has 0 radical (unpaired) electrons. The second-order valence-corrected chi connectivity index (χ2v) is 10.2. The number of hydrogen-bond donors (Lipinski definition) is 0. The largest absolute Gasteiger partial charge is 0.0625 e. The zero-order valence-electron chi connectivity index (χ0n) is 16.4. The molecule has 0 aromatic heterocycles. The number of rotatable bonds is 3. The van der Waals surface area contributed by atoms with Gasteiger partial charge in [-0.2, -0.15) is 0 Å². The first-order valence-corrected chi connectivity index (χ1v) is 11.0. The van der Waals surface area contributed by atoms with E-state index in [1.165, 1.54) is 25.7 Å². The average Bonchev–Trinajstić information content (AvgIpc) is 2.54. The van der Waals surface area contributed by atoms with Gasteiger partial charge in [-0.1, -0.05) is 53.4 Å². The Balaban J connectivity index is 1.41. The third-order valence-electron chi connectivity index (χ3n) is 8.49. The van der Waals surface area contributed by atoms with Crippen molar-refractivity contribution in [3.63, 3.8) is 0 Å². The fourth-order valence-corrected chi connectivity index (χ4v) is 6.45. The van der Waals surface area contributed by atoms with E-state index in [0.29, 0.717) is 0 Å². The molecule has 3 rings (SSSR count). The quantitative estimate of drug-likeness (QED) is 0.511. The normalized spacial score (nSPS) is 49.0. The maximum absolute atomic E-state index is 2.51. The lowest BCUT2D eigenvalue weighted by Gasteiger charge is -2.41. The third kappa shape index (κ3) is 4.55. The molecule has 23 heavy (non-hydrogen) atoms. The van der Waals surface area contributed by atoms with Crippen molar-refractivity contribution in [3.05, 3.63) is 0 Å². The molecule has 0 aromatic rings. The molecule has 134 valence electrons. The van der Waals surface area contributed by atoms with Gasteiger partial charge in [0, 0.05) is 0 Å². The highest BCUT2D eigenvalue weighted by molar-refractivity contribution is 4.85. The van der Waals surface area contributed by atoms with E-state index in [1.807, 2.05) is 0 Å². The zero-order valence-corrected chi connectivity index (χ0v) is 16.4. The lowest BCUT2D eigenvalue weighted by Crippen LogP contribution is -2.30. The second kappa shape index (κ2) is 7.92. The van der Waals surface area contributed by atoms with Gasteiger partial charge in [0.15, 0.2) is 0 Å². The summed E-state index contributed by atoms with van der Waals surface area (Å²) in [4.78, 5) is 0. The van der Waals surface area contributed by atoms with Crippen LogP contribution in [-0.4, -0.2) is 0 Å². The molecule has 0 heteroatoms. The molecular formula is C23H42. The first kappa shape index (κ1) is 17.8. The van der Waals surface area contributed by atoms with Crippen molar-refractivity contribution >= 4 is 0 Å². The summed E-state index contributed by atoms with van der Waals surface area (Å²) in [6.07, 6.45) is 17.0. The summed E-state index contributed by atoms with van der Waals surface area (Å²) in [5.41, 5.74) is 0. The lowest BCUT2D eigenvalue weighted by molar-refractivity contribution is 0.100. The molecule has 3 fully saturated rings. The number of hydrogen-bond acceptors (Lipinski definition) is 0. The fourth-order valence-electron chi connectivity index (χ4n) is 6.45. The molecule has 0 nitrogen and oxygen atoms in total. The minimum atomic E-state index is 0.954. The fraction of sp³-hybridized carbons (Fsp3) is 1.00. The SMILES string of the molecule is CC1CCC(C2CCC(CC3CC(C)C(C)C(C)C3)CC2)CC1. The molecule has 3 aliphatic carbocycles. The van der Waals surface area contributed by atoms with E-state index in [-0.39, 0.29) is 0 Å². The Hall–Kier alpha value is 0. The molecule has 0 amide bonds. The van der Waals surface area contributed by atoms with E-state index in [1.54, 1.807) is 44.9 Å². The van der Waals surface area contributed by atoms with E-state index in [4.69, 9.17) is 0 Å². The van der Waals surface area contributed by atoms with Crippen LogP contribution in [0, 0.1) is 47.3 Å². The minimum absolute atomic E-state index is 0.954. The molecule has 2 unspecified atom stereocenters. The molecular weight excluding hydrogens is 276 g/mol. The van der Waals surface area contributed by atoms with Gasteiger partial charge in [-0.3, -0.25) is 0 Å². The standard InChI is InChI=1S/C23H42/c1-16-5-9-22(10-6-16)23-11-7-20(8-12-23)15-21-13-17(2)19(4)18(3)14-21/h16-23H,5-15H2,1-4H3. The van der Waals surface area contributed by atoms with Crippen LogP contribution >= 0.6 is 0 Å². The van der Waals surface area contributed by atoms with Gasteiger partial charge in [0.1, 0.15) is 0 Å². The highest BCUT2D eigenvalue weighted by Crippen LogP contribution is 2.45. The first-order chi connectivity index (χ1) is 11.0. The molecule has 3 aliphatic rings. The molecule has 0 aromatic carbocycles. The van der Waals surface area contributed by atoms with Crippen molar-refractivity contribution < 1.29 is 0 Å². The predicted octanol–water partition coefficient (Wildman–Crippen LogP) is 7.33. The van der Waals surface area contributed by atoms with Crippen LogP contribution < -0.4 is 0 Å². The van der Waals surface area contributed by atoms with E-state index < -0.39 is 0 Å². The topological polar surface area (TPSA) is 0 Å². The van der Waals surface area contributed by atoms with Gasteiger partial charge in [0.05, 0.1) is 0 Å². The van der Waals surface area contributed by atoms with Gasteiger partial charge in [-0.15, -0.1) is 0 Å². The second-order valence-electron chi connectivity index (χ2n) is 10.2. The van der Waals surface area contributed by atoms with E-state index in [2.05, 4.69) is 27.7 Å². The van der Waals surface area contributed by atoms with Crippen molar-refractivity contribution in [2.75, 3.05) is 0 Å². The van der Waals surface area contributed by atoms with Crippen LogP contribution in [0.5, 0.6) is 0 Å². The molecule has 0 N–H and O–H groups in total. The van der Waals surface area contributed by atoms with Crippen LogP contribution in [-0.2, 0) is 0 Å². The monoisotopic (exact) mass is 318 g/mol. The van der Waals surface area contributed by atoms with Crippen molar-refractivity contribution in [2.45, 2.75) is 98.3 Å². The van der Waals surface area contributed by atoms with E-state index in [0.717, 1.165) is 47.3 Å². The highest BCUT2D eigenvalue weighted by Gasteiger charge is 2.34. The van der Waals surface area contributed by atoms with Gasteiger partial charge < -0.3 is 0 Å². The molecule has 0 bridgehead atoms. The predicted molar refractivity (Wildman–Crippen MR) is 101 cm³/mol. The van der Waals surface area contributed by atoms with Crippen LogP contribution in [0.25, 0.3) is 0 Å². The van der Waals surface area contributed by atoms with E-state index >= 15 is 0 Å². The van der Waals surface area contributed by atoms with Crippen LogP contribution in [0.1, 0.15) is 98.3 Å². The van der Waals surface area contributed by atoms with Crippen molar-refractivity contribution in [2.24, 2.45) is 47.3 Å². The van der Waals surface area contributed by atoms with Gasteiger partial charge in [0.25, 0.3) is 0 Å². The summed E-state index contributed by atoms with van der Waals surface area (Å²) in [5.74, 6) is 8.22. The van der Waals surface area contributed by atoms with Gasteiger partial charge in [-0.05, 0) is 92.3 Å². The van der Waals surface area contributed by atoms with Crippen LogP contribution in [0.3, 0.4) is 0 Å². The Morgan fingerprint density at radius 3 is 1.57 bits per heavy atom. The zero-order chi connectivity index (χ0) is 16.4. The molecule has 0 heterocycles. The lowest BCUT2D eigenvalue weighted by atomic mass is 9.65. The van der Waals surface area contributed by atoms with E-state index in [9.17, 15) is 0 Å². The first-order valence-electron chi connectivity index (χ1n) is 11.0. The maximum atomic E-state index is 2.51. The summed E-state index contributed by atoms with van der Waals surface area (Å²) < 4.78 is 0. The molecule has 0 saturated heterocycles.